The van der Waals surface area contributed by atoms with E-state index < -0.39 is 0 Å². The van der Waals surface area contributed by atoms with Gasteiger partial charge in [0.15, 0.2) is 0 Å². The molecular weight excluding hydrogens is 372 g/mol. The molecule has 0 unspecified atom stereocenters. The zero-order chi connectivity index (χ0) is 13.8. The fourth-order valence-electron chi connectivity index (χ4n) is 1.53. The van der Waals surface area contributed by atoms with Gasteiger partial charge in [-0.05, 0) is 48.0 Å². The number of aromatic nitrogens is 2. The Morgan fingerprint density at radius 3 is 2.79 bits per heavy atom. The van der Waals surface area contributed by atoms with Crippen LogP contribution < -0.4 is 10.6 Å². The predicted octanol–water partition coefficient (Wildman–Crippen LogP) is 4.49. The molecule has 0 saturated heterocycles. The minimum atomic E-state index is 0.627. The largest absolute Gasteiger partial charge is 0.354 e. The van der Waals surface area contributed by atoms with Crippen LogP contribution in [0.5, 0.6) is 0 Å². The second-order valence-corrected chi connectivity index (χ2v) is 5.77. The van der Waals surface area contributed by atoms with E-state index in [1.807, 2.05) is 32.0 Å². The molecule has 0 bridgehead atoms. The summed E-state index contributed by atoms with van der Waals surface area (Å²) >= 11 is 6.98. The SMILES string of the molecule is CCNc1ncc(C)c(Nc2cc(Br)ccc2Br)n1. The quantitative estimate of drug-likeness (QED) is 0.814. The molecule has 0 aliphatic heterocycles. The highest BCUT2D eigenvalue weighted by atomic mass is 79.9. The van der Waals surface area contributed by atoms with Crippen LogP contribution in [0.25, 0.3) is 0 Å². The molecule has 1 aromatic heterocycles. The topological polar surface area (TPSA) is 49.8 Å². The maximum Gasteiger partial charge on any atom is 0.224 e. The number of aryl methyl sites for hydroxylation is 1. The van der Waals surface area contributed by atoms with Crippen molar-refractivity contribution in [3.05, 3.63) is 38.9 Å². The molecule has 0 saturated carbocycles. The minimum Gasteiger partial charge on any atom is -0.354 e. The summed E-state index contributed by atoms with van der Waals surface area (Å²) < 4.78 is 2.00. The van der Waals surface area contributed by atoms with Gasteiger partial charge in [-0.2, -0.15) is 4.98 Å². The van der Waals surface area contributed by atoms with Gasteiger partial charge in [-0.1, -0.05) is 15.9 Å². The standard InChI is InChI=1S/C13H14Br2N4/c1-3-16-13-17-7-8(2)12(19-13)18-11-6-9(14)4-5-10(11)15/h4-7H,3H2,1-2H3,(H2,16,17,18,19). The molecule has 0 atom stereocenters. The van der Waals surface area contributed by atoms with E-state index >= 15 is 0 Å². The van der Waals surface area contributed by atoms with Crippen molar-refractivity contribution in [3.63, 3.8) is 0 Å². The number of nitrogens with zero attached hydrogens (tertiary/aromatic N) is 2. The normalized spacial score (nSPS) is 10.3. The van der Waals surface area contributed by atoms with Crippen molar-refractivity contribution in [1.29, 1.82) is 0 Å². The molecule has 2 aromatic rings. The molecule has 19 heavy (non-hydrogen) atoms. The summed E-state index contributed by atoms with van der Waals surface area (Å²) in [4.78, 5) is 8.69. The fourth-order valence-corrected chi connectivity index (χ4v) is 2.24. The van der Waals surface area contributed by atoms with E-state index in [4.69, 9.17) is 0 Å². The molecule has 1 heterocycles. The Morgan fingerprint density at radius 2 is 2.05 bits per heavy atom. The van der Waals surface area contributed by atoms with Crippen molar-refractivity contribution >= 4 is 49.3 Å². The number of benzene rings is 1. The van der Waals surface area contributed by atoms with E-state index in [0.29, 0.717) is 5.95 Å². The number of nitrogens with one attached hydrogen (secondary N) is 2. The molecule has 100 valence electrons. The number of halogens is 2. The van der Waals surface area contributed by atoms with Crippen LogP contribution in [0.1, 0.15) is 12.5 Å². The van der Waals surface area contributed by atoms with Crippen molar-refractivity contribution in [2.24, 2.45) is 0 Å². The average molecular weight is 386 g/mol. The van der Waals surface area contributed by atoms with Crippen LogP contribution in [0, 0.1) is 6.92 Å². The summed E-state index contributed by atoms with van der Waals surface area (Å²) in [6.45, 7) is 4.79. The zero-order valence-corrected chi connectivity index (χ0v) is 13.8. The maximum atomic E-state index is 4.46. The number of rotatable bonds is 4. The monoisotopic (exact) mass is 384 g/mol. The first kappa shape index (κ1) is 14.3. The molecule has 0 aliphatic rings. The van der Waals surface area contributed by atoms with Crippen LogP contribution >= 0.6 is 31.9 Å². The molecule has 0 fully saturated rings. The highest BCUT2D eigenvalue weighted by Gasteiger charge is 2.06. The van der Waals surface area contributed by atoms with Crippen LogP contribution in [-0.2, 0) is 0 Å². The van der Waals surface area contributed by atoms with Crippen molar-refractivity contribution < 1.29 is 0 Å². The van der Waals surface area contributed by atoms with Gasteiger partial charge in [-0.25, -0.2) is 4.98 Å². The van der Waals surface area contributed by atoms with Crippen molar-refractivity contribution in [2.45, 2.75) is 13.8 Å². The van der Waals surface area contributed by atoms with Crippen LogP contribution in [0.15, 0.2) is 33.3 Å². The van der Waals surface area contributed by atoms with Crippen LogP contribution in [-0.4, -0.2) is 16.5 Å². The summed E-state index contributed by atoms with van der Waals surface area (Å²) in [6, 6.07) is 5.96. The first-order valence-electron chi connectivity index (χ1n) is 5.89. The van der Waals surface area contributed by atoms with E-state index in [0.717, 1.165) is 32.6 Å². The molecule has 1 aromatic carbocycles. The molecule has 0 amide bonds. The second-order valence-electron chi connectivity index (χ2n) is 4.00. The summed E-state index contributed by atoms with van der Waals surface area (Å²) in [5, 5.41) is 6.42. The van der Waals surface area contributed by atoms with E-state index in [1.165, 1.54) is 0 Å². The number of hydrogen-bond acceptors (Lipinski definition) is 4. The van der Waals surface area contributed by atoms with Gasteiger partial charge in [-0.3, -0.25) is 0 Å². The van der Waals surface area contributed by atoms with E-state index in [1.54, 1.807) is 6.20 Å². The molecule has 4 nitrogen and oxygen atoms in total. The minimum absolute atomic E-state index is 0.627. The molecule has 2 rings (SSSR count). The molecule has 0 aliphatic carbocycles. The van der Waals surface area contributed by atoms with Crippen LogP contribution in [0.4, 0.5) is 17.5 Å². The molecular formula is C13H14Br2N4. The van der Waals surface area contributed by atoms with Gasteiger partial charge in [-0.15, -0.1) is 0 Å². The fraction of sp³-hybridized carbons (Fsp3) is 0.231. The van der Waals surface area contributed by atoms with Crippen molar-refractivity contribution in [3.8, 4) is 0 Å². The molecule has 2 N–H and O–H groups in total. The lowest BCUT2D eigenvalue weighted by Gasteiger charge is -2.12. The summed E-state index contributed by atoms with van der Waals surface area (Å²) in [7, 11) is 0. The smallest absolute Gasteiger partial charge is 0.224 e. The van der Waals surface area contributed by atoms with E-state index in [2.05, 4.69) is 52.5 Å². The van der Waals surface area contributed by atoms with Gasteiger partial charge in [0.25, 0.3) is 0 Å². The third-order valence-electron chi connectivity index (χ3n) is 2.49. The summed E-state index contributed by atoms with van der Waals surface area (Å²) in [5.41, 5.74) is 1.95. The highest BCUT2D eigenvalue weighted by Crippen LogP contribution is 2.29. The summed E-state index contributed by atoms with van der Waals surface area (Å²) in [5.74, 6) is 1.42. The Balaban J connectivity index is 2.31. The zero-order valence-electron chi connectivity index (χ0n) is 10.7. The Hall–Kier alpha value is -1.14. The van der Waals surface area contributed by atoms with E-state index in [-0.39, 0.29) is 0 Å². The van der Waals surface area contributed by atoms with Gasteiger partial charge < -0.3 is 10.6 Å². The van der Waals surface area contributed by atoms with E-state index in [9.17, 15) is 0 Å². The van der Waals surface area contributed by atoms with Crippen molar-refractivity contribution in [1.82, 2.24) is 9.97 Å². The van der Waals surface area contributed by atoms with Gasteiger partial charge in [0.05, 0.1) is 5.69 Å². The predicted molar refractivity (Wildman–Crippen MR) is 86.1 cm³/mol. The third-order valence-corrected chi connectivity index (χ3v) is 3.67. The van der Waals surface area contributed by atoms with Gasteiger partial charge >= 0.3 is 0 Å². The van der Waals surface area contributed by atoms with Crippen LogP contribution in [0.2, 0.25) is 0 Å². The molecule has 0 radical (unpaired) electrons. The molecule has 6 heteroatoms. The first-order chi connectivity index (χ1) is 9.10. The lowest BCUT2D eigenvalue weighted by molar-refractivity contribution is 1.07. The first-order valence-corrected chi connectivity index (χ1v) is 7.48. The Bertz CT molecular complexity index is 587. The average Bonchev–Trinajstić information content (AvgIpc) is 2.38. The second kappa shape index (κ2) is 6.34. The van der Waals surface area contributed by atoms with Gasteiger partial charge in [0, 0.05) is 27.3 Å². The Kier molecular flexibility index (Phi) is 4.76. The maximum absolute atomic E-state index is 4.46. The third kappa shape index (κ3) is 3.67. The van der Waals surface area contributed by atoms with Crippen molar-refractivity contribution in [2.75, 3.05) is 17.2 Å². The van der Waals surface area contributed by atoms with Gasteiger partial charge in [0.2, 0.25) is 5.95 Å². The van der Waals surface area contributed by atoms with Gasteiger partial charge in [0.1, 0.15) is 5.82 Å². The molecule has 0 spiro atoms. The highest BCUT2D eigenvalue weighted by molar-refractivity contribution is 9.11. The number of anilines is 3. The lowest BCUT2D eigenvalue weighted by Crippen LogP contribution is -2.05. The summed E-state index contributed by atoms with van der Waals surface area (Å²) in [6.07, 6.45) is 1.80. The lowest BCUT2D eigenvalue weighted by atomic mass is 10.3. The number of hydrogen-bond donors (Lipinski definition) is 2. The Labute approximate surface area is 129 Å². The van der Waals surface area contributed by atoms with Crippen LogP contribution in [0.3, 0.4) is 0 Å². The Morgan fingerprint density at radius 1 is 1.26 bits per heavy atom.